The lowest BCUT2D eigenvalue weighted by Gasteiger charge is -2.08. The van der Waals surface area contributed by atoms with E-state index in [1.807, 2.05) is 0 Å². The van der Waals surface area contributed by atoms with Crippen LogP contribution < -0.4 is 0 Å². The van der Waals surface area contributed by atoms with Gasteiger partial charge in [0.1, 0.15) is 0 Å². The molecule has 0 atom stereocenters. The molecule has 1 rings (SSSR count). The molecule has 0 saturated heterocycles. The number of hydrogen-bond acceptors (Lipinski definition) is 2. The molecule has 0 amide bonds. The number of phenolic OH excluding ortho intramolecular Hbond substituents is 1. The van der Waals surface area contributed by atoms with Gasteiger partial charge >= 0.3 is 5.97 Å². The van der Waals surface area contributed by atoms with Crippen LogP contribution in [0.2, 0.25) is 15.1 Å². The van der Waals surface area contributed by atoms with E-state index in [1.54, 1.807) is 0 Å². The molecule has 0 radical (unpaired) electrons. The van der Waals surface area contributed by atoms with Gasteiger partial charge in [-0.15, -0.1) is 0 Å². The molecule has 0 spiro atoms. The van der Waals surface area contributed by atoms with E-state index in [4.69, 9.17) is 39.9 Å². The Kier molecular flexibility index (Phi) is 4.08. The highest BCUT2D eigenvalue weighted by atomic mass is 35.5. The Hall–Kier alpha value is -0.640. The summed E-state index contributed by atoms with van der Waals surface area (Å²) in [5.41, 5.74) is 0.391. The number of carbonyl (C=O) groups is 1. The number of phenols is 1. The molecule has 0 aliphatic carbocycles. The predicted octanol–water partition coefficient (Wildman–Crippen LogP) is 3.37. The summed E-state index contributed by atoms with van der Waals surface area (Å²) in [6, 6.07) is 1.33. The summed E-state index contributed by atoms with van der Waals surface area (Å²) in [5, 5.41) is 18.2. The van der Waals surface area contributed by atoms with Gasteiger partial charge in [0.25, 0.3) is 0 Å². The zero-order chi connectivity index (χ0) is 11.6. The van der Waals surface area contributed by atoms with Crippen molar-refractivity contribution in [1.82, 2.24) is 0 Å². The fraction of sp³-hybridized carbons (Fsp3) is 0.222. The van der Waals surface area contributed by atoms with Crippen molar-refractivity contribution in [3.63, 3.8) is 0 Å². The van der Waals surface area contributed by atoms with Crippen LogP contribution in [0.1, 0.15) is 12.0 Å². The molecule has 82 valence electrons. The van der Waals surface area contributed by atoms with Crippen LogP contribution in [0, 0.1) is 0 Å². The quantitative estimate of drug-likeness (QED) is 0.884. The molecule has 1 aromatic rings. The van der Waals surface area contributed by atoms with Crippen molar-refractivity contribution < 1.29 is 15.0 Å². The van der Waals surface area contributed by atoms with Gasteiger partial charge in [0.2, 0.25) is 0 Å². The molecule has 1 aromatic carbocycles. The first kappa shape index (κ1) is 12.4. The maximum atomic E-state index is 10.4. The van der Waals surface area contributed by atoms with E-state index in [1.165, 1.54) is 6.07 Å². The van der Waals surface area contributed by atoms with E-state index in [2.05, 4.69) is 0 Å². The zero-order valence-electron chi connectivity index (χ0n) is 7.43. The summed E-state index contributed by atoms with van der Waals surface area (Å²) >= 11 is 17.2. The number of carboxylic acids is 1. The summed E-state index contributed by atoms with van der Waals surface area (Å²) in [5.74, 6) is -1.24. The van der Waals surface area contributed by atoms with Gasteiger partial charge < -0.3 is 10.2 Å². The van der Waals surface area contributed by atoms with Crippen LogP contribution in [-0.4, -0.2) is 16.2 Å². The van der Waals surface area contributed by atoms with Crippen molar-refractivity contribution in [2.75, 3.05) is 0 Å². The maximum absolute atomic E-state index is 10.4. The molecule has 0 aromatic heterocycles. The highest BCUT2D eigenvalue weighted by Gasteiger charge is 2.15. The minimum atomic E-state index is -0.962. The zero-order valence-corrected chi connectivity index (χ0v) is 9.70. The number of carboxylic acid groups (broad SMARTS) is 1. The molecule has 2 N–H and O–H groups in total. The van der Waals surface area contributed by atoms with E-state index in [0.717, 1.165) is 0 Å². The van der Waals surface area contributed by atoms with Crippen molar-refractivity contribution in [3.8, 4) is 5.75 Å². The van der Waals surface area contributed by atoms with E-state index in [-0.39, 0.29) is 33.7 Å². The number of halogens is 3. The van der Waals surface area contributed by atoms with E-state index >= 15 is 0 Å². The summed E-state index contributed by atoms with van der Waals surface area (Å²) in [6.45, 7) is 0. The van der Waals surface area contributed by atoms with Crippen LogP contribution in [0.4, 0.5) is 0 Å². The number of aromatic hydroxyl groups is 1. The predicted molar refractivity (Wildman–Crippen MR) is 59.1 cm³/mol. The van der Waals surface area contributed by atoms with Crippen molar-refractivity contribution in [1.29, 1.82) is 0 Å². The fourth-order valence-corrected chi connectivity index (χ4v) is 2.03. The van der Waals surface area contributed by atoms with Gasteiger partial charge in [-0.3, -0.25) is 4.79 Å². The Morgan fingerprint density at radius 2 is 1.87 bits per heavy atom. The third-order valence-electron chi connectivity index (χ3n) is 1.83. The first-order valence-electron chi connectivity index (χ1n) is 4.00. The largest absolute Gasteiger partial charge is 0.505 e. The Balaban J connectivity index is 3.07. The Morgan fingerprint density at radius 3 is 2.40 bits per heavy atom. The molecule has 0 unspecified atom stereocenters. The van der Waals surface area contributed by atoms with E-state index < -0.39 is 5.97 Å². The molecule has 0 saturated carbocycles. The van der Waals surface area contributed by atoms with Crippen molar-refractivity contribution in [2.45, 2.75) is 12.8 Å². The molecule has 15 heavy (non-hydrogen) atoms. The van der Waals surface area contributed by atoms with Gasteiger partial charge in [0.05, 0.1) is 10.0 Å². The first-order chi connectivity index (χ1) is 6.93. The average molecular weight is 270 g/mol. The second-order valence-corrected chi connectivity index (χ2v) is 4.07. The van der Waals surface area contributed by atoms with Gasteiger partial charge in [-0.2, -0.15) is 0 Å². The minimum Gasteiger partial charge on any atom is -0.505 e. The summed E-state index contributed by atoms with van der Waals surface area (Å²) in [7, 11) is 0. The van der Waals surface area contributed by atoms with Crippen molar-refractivity contribution in [2.24, 2.45) is 0 Å². The van der Waals surface area contributed by atoms with Gasteiger partial charge in [-0.05, 0) is 18.1 Å². The summed E-state index contributed by atoms with van der Waals surface area (Å²) < 4.78 is 0. The monoisotopic (exact) mass is 268 g/mol. The Labute approximate surface area is 101 Å². The highest BCUT2D eigenvalue weighted by Crippen LogP contribution is 2.39. The second-order valence-electron chi connectivity index (χ2n) is 2.88. The van der Waals surface area contributed by atoms with E-state index in [0.29, 0.717) is 5.56 Å². The average Bonchev–Trinajstić information content (AvgIpc) is 2.14. The van der Waals surface area contributed by atoms with Crippen molar-refractivity contribution in [3.05, 3.63) is 26.7 Å². The van der Waals surface area contributed by atoms with Gasteiger partial charge in [-0.25, -0.2) is 0 Å². The van der Waals surface area contributed by atoms with Crippen LogP contribution in [0.25, 0.3) is 0 Å². The number of aliphatic carboxylic acids is 1. The topological polar surface area (TPSA) is 57.5 Å². The van der Waals surface area contributed by atoms with E-state index in [9.17, 15) is 9.90 Å². The molecule has 0 heterocycles. The van der Waals surface area contributed by atoms with Crippen LogP contribution in [0.15, 0.2) is 6.07 Å². The minimum absolute atomic E-state index is 0.00810. The highest BCUT2D eigenvalue weighted by molar-refractivity contribution is 6.41. The normalized spacial score (nSPS) is 10.3. The van der Waals surface area contributed by atoms with Crippen molar-refractivity contribution >= 4 is 40.8 Å². The SMILES string of the molecule is O=C(O)CCc1c(Cl)cc(Cl)c(O)c1Cl. The number of benzene rings is 1. The van der Waals surface area contributed by atoms with Crippen LogP contribution in [0.3, 0.4) is 0 Å². The fourth-order valence-electron chi connectivity index (χ4n) is 1.08. The van der Waals surface area contributed by atoms with Crippen LogP contribution in [-0.2, 0) is 11.2 Å². The smallest absolute Gasteiger partial charge is 0.303 e. The second kappa shape index (κ2) is 4.92. The first-order valence-corrected chi connectivity index (χ1v) is 5.14. The lowest BCUT2D eigenvalue weighted by atomic mass is 10.1. The van der Waals surface area contributed by atoms with Gasteiger partial charge in [0.15, 0.2) is 5.75 Å². The number of hydrogen-bond donors (Lipinski definition) is 2. The van der Waals surface area contributed by atoms with Gasteiger partial charge in [-0.1, -0.05) is 34.8 Å². The molecule has 0 fully saturated rings. The molecular formula is C9H7Cl3O3. The molecule has 0 aliphatic heterocycles. The molecule has 0 bridgehead atoms. The van der Waals surface area contributed by atoms with Gasteiger partial charge in [0, 0.05) is 11.4 Å². The molecule has 0 aliphatic rings. The lowest BCUT2D eigenvalue weighted by molar-refractivity contribution is -0.136. The van der Waals surface area contributed by atoms with Crippen LogP contribution in [0.5, 0.6) is 5.75 Å². The Morgan fingerprint density at radius 1 is 1.27 bits per heavy atom. The third-order valence-corrected chi connectivity index (χ3v) is 2.86. The molecule has 6 heteroatoms. The molecule has 3 nitrogen and oxygen atoms in total. The van der Waals surface area contributed by atoms with Crippen LogP contribution >= 0.6 is 34.8 Å². The Bertz CT molecular complexity index is 404. The number of rotatable bonds is 3. The summed E-state index contributed by atoms with van der Waals surface area (Å²) in [4.78, 5) is 10.4. The summed E-state index contributed by atoms with van der Waals surface area (Å²) in [6.07, 6.45) is 0.0399. The molecular weight excluding hydrogens is 262 g/mol. The standard InChI is InChI=1S/C9H7Cl3O3/c10-5-3-6(11)9(15)8(12)4(5)1-2-7(13)14/h3,15H,1-2H2,(H,13,14). The maximum Gasteiger partial charge on any atom is 0.303 e. The lowest BCUT2D eigenvalue weighted by Crippen LogP contribution is -1.99. The third kappa shape index (κ3) is 2.91.